The summed E-state index contributed by atoms with van der Waals surface area (Å²) in [5, 5.41) is 3.43. The Labute approximate surface area is 153 Å². The van der Waals surface area contributed by atoms with Gasteiger partial charge in [0.2, 0.25) is 5.75 Å². The van der Waals surface area contributed by atoms with E-state index < -0.39 is 0 Å². The Morgan fingerprint density at radius 1 is 1.00 bits per heavy atom. The van der Waals surface area contributed by atoms with Gasteiger partial charge in [0.1, 0.15) is 0 Å². The second-order valence-electron chi connectivity index (χ2n) is 6.10. The van der Waals surface area contributed by atoms with Crippen LogP contribution in [0.2, 0.25) is 0 Å². The molecule has 1 aliphatic rings. The van der Waals surface area contributed by atoms with Crippen molar-refractivity contribution in [1.29, 1.82) is 0 Å². The fraction of sp³-hybridized carbons (Fsp3) is 0.474. The molecule has 1 aromatic carbocycles. The van der Waals surface area contributed by atoms with Crippen LogP contribution in [0.25, 0.3) is 0 Å². The molecule has 1 saturated heterocycles. The lowest BCUT2D eigenvalue weighted by atomic mass is 10.0. The average molecular weight is 362 g/mol. The van der Waals surface area contributed by atoms with Gasteiger partial charge in [-0.1, -0.05) is 0 Å². The fourth-order valence-corrected chi connectivity index (χ4v) is 4.40. The van der Waals surface area contributed by atoms with Crippen molar-refractivity contribution in [2.75, 3.05) is 47.5 Å². The lowest BCUT2D eigenvalue weighted by Gasteiger charge is -2.35. The maximum atomic E-state index is 5.57. The highest BCUT2D eigenvalue weighted by molar-refractivity contribution is 7.12. The zero-order chi connectivity index (χ0) is 17.8. The molecule has 5 nitrogen and oxygen atoms in total. The van der Waals surface area contributed by atoms with E-state index in [2.05, 4.69) is 41.4 Å². The monoisotopic (exact) mass is 362 g/mol. The summed E-state index contributed by atoms with van der Waals surface area (Å²) in [4.78, 5) is 5.18. The number of nitrogens with zero attached hydrogens (tertiary/aromatic N) is 1. The number of rotatable bonds is 6. The first-order chi connectivity index (χ1) is 12.2. The van der Waals surface area contributed by atoms with Crippen molar-refractivity contribution in [1.82, 2.24) is 10.2 Å². The van der Waals surface area contributed by atoms with Crippen LogP contribution in [0.3, 0.4) is 0 Å². The summed E-state index contributed by atoms with van der Waals surface area (Å²) in [6.07, 6.45) is 0. The summed E-state index contributed by atoms with van der Waals surface area (Å²) in [7, 11) is 4.96. The minimum Gasteiger partial charge on any atom is -0.493 e. The highest BCUT2D eigenvalue weighted by atomic mass is 32.1. The van der Waals surface area contributed by atoms with Gasteiger partial charge in [0.05, 0.1) is 27.4 Å². The SMILES string of the molecule is COc1cc(C(c2ccc(C)s2)N2CCNCC2)cc(OC)c1OC. The quantitative estimate of drug-likeness (QED) is 0.855. The molecular formula is C19H26N2O3S. The molecular weight excluding hydrogens is 336 g/mol. The Kier molecular flexibility index (Phi) is 5.83. The molecule has 1 atom stereocenters. The molecule has 2 aromatic rings. The summed E-state index contributed by atoms with van der Waals surface area (Å²) < 4.78 is 16.6. The highest BCUT2D eigenvalue weighted by Crippen LogP contribution is 2.43. The van der Waals surface area contributed by atoms with Crippen LogP contribution in [0.15, 0.2) is 24.3 Å². The van der Waals surface area contributed by atoms with Gasteiger partial charge in [0.25, 0.3) is 0 Å². The highest BCUT2D eigenvalue weighted by Gasteiger charge is 2.27. The van der Waals surface area contributed by atoms with Crippen LogP contribution in [0.4, 0.5) is 0 Å². The number of thiophene rings is 1. The molecule has 136 valence electrons. The van der Waals surface area contributed by atoms with E-state index in [9.17, 15) is 0 Å². The summed E-state index contributed by atoms with van der Waals surface area (Å²) in [6.45, 7) is 6.19. The van der Waals surface area contributed by atoms with Gasteiger partial charge in [-0.05, 0) is 36.8 Å². The molecule has 1 fully saturated rings. The van der Waals surface area contributed by atoms with Gasteiger partial charge < -0.3 is 19.5 Å². The molecule has 1 N–H and O–H groups in total. The Balaban J connectivity index is 2.09. The summed E-state index contributed by atoms with van der Waals surface area (Å²) in [5.74, 6) is 2.03. The van der Waals surface area contributed by atoms with Crippen LogP contribution in [-0.4, -0.2) is 52.4 Å². The van der Waals surface area contributed by atoms with Crippen LogP contribution >= 0.6 is 11.3 Å². The van der Waals surface area contributed by atoms with Crippen molar-refractivity contribution in [3.63, 3.8) is 0 Å². The molecule has 0 amide bonds. The van der Waals surface area contributed by atoms with E-state index >= 15 is 0 Å². The van der Waals surface area contributed by atoms with Crippen LogP contribution in [-0.2, 0) is 0 Å². The van der Waals surface area contributed by atoms with Crippen molar-refractivity contribution in [3.8, 4) is 17.2 Å². The first-order valence-electron chi connectivity index (χ1n) is 8.49. The van der Waals surface area contributed by atoms with Gasteiger partial charge >= 0.3 is 0 Å². The Morgan fingerprint density at radius 3 is 2.12 bits per heavy atom. The number of nitrogens with one attached hydrogen (secondary N) is 1. The number of benzene rings is 1. The second kappa shape index (κ2) is 8.08. The largest absolute Gasteiger partial charge is 0.493 e. The molecule has 0 bridgehead atoms. The van der Waals surface area contributed by atoms with Crippen LogP contribution in [0.5, 0.6) is 17.2 Å². The molecule has 1 aromatic heterocycles. The smallest absolute Gasteiger partial charge is 0.203 e. The normalized spacial score (nSPS) is 16.5. The van der Waals surface area contributed by atoms with Gasteiger partial charge in [0.15, 0.2) is 11.5 Å². The first-order valence-corrected chi connectivity index (χ1v) is 9.30. The van der Waals surface area contributed by atoms with E-state index in [1.807, 2.05) is 11.3 Å². The molecule has 1 aliphatic heterocycles. The molecule has 6 heteroatoms. The minimum absolute atomic E-state index is 0.189. The third kappa shape index (κ3) is 3.76. The molecule has 0 aliphatic carbocycles. The van der Waals surface area contributed by atoms with Crippen molar-refractivity contribution in [2.45, 2.75) is 13.0 Å². The van der Waals surface area contributed by atoms with Crippen molar-refractivity contribution in [3.05, 3.63) is 39.6 Å². The lowest BCUT2D eigenvalue weighted by molar-refractivity contribution is 0.200. The van der Waals surface area contributed by atoms with Gasteiger partial charge in [0, 0.05) is 35.9 Å². The molecule has 0 saturated carbocycles. The number of aryl methyl sites for hydroxylation is 1. The summed E-state index contributed by atoms with van der Waals surface area (Å²) in [6, 6.07) is 8.75. The third-order valence-corrected chi connectivity index (χ3v) is 5.60. The first kappa shape index (κ1) is 18.0. The van der Waals surface area contributed by atoms with Crippen LogP contribution < -0.4 is 19.5 Å². The predicted octanol–water partition coefficient (Wildman–Crippen LogP) is 3.08. The van der Waals surface area contributed by atoms with Crippen LogP contribution in [0, 0.1) is 6.92 Å². The van der Waals surface area contributed by atoms with Crippen molar-refractivity contribution in [2.24, 2.45) is 0 Å². The van der Waals surface area contributed by atoms with Crippen LogP contribution in [0.1, 0.15) is 21.4 Å². The second-order valence-corrected chi connectivity index (χ2v) is 7.42. The number of hydrogen-bond donors (Lipinski definition) is 1. The standard InChI is InChI=1S/C19H26N2O3S/c1-13-5-6-17(25-13)18(21-9-7-20-8-10-21)14-11-15(22-2)19(24-4)16(12-14)23-3/h5-6,11-12,18,20H,7-10H2,1-4H3. The minimum atomic E-state index is 0.189. The maximum Gasteiger partial charge on any atom is 0.203 e. The fourth-order valence-electron chi connectivity index (χ4n) is 3.35. The van der Waals surface area contributed by atoms with E-state index in [-0.39, 0.29) is 6.04 Å². The predicted molar refractivity (Wildman–Crippen MR) is 101 cm³/mol. The van der Waals surface area contributed by atoms with E-state index in [4.69, 9.17) is 14.2 Å². The Morgan fingerprint density at radius 2 is 1.64 bits per heavy atom. The molecule has 1 unspecified atom stereocenters. The number of methoxy groups -OCH3 is 3. The zero-order valence-electron chi connectivity index (χ0n) is 15.3. The van der Waals surface area contributed by atoms with Gasteiger partial charge in [-0.2, -0.15) is 0 Å². The lowest BCUT2D eigenvalue weighted by Crippen LogP contribution is -2.45. The van der Waals surface area contributed by atoms with Gasteiger partial charge in [-0.15, -0.1) is 11.3 Å². The van der Waals surface area contributed by atoms with E-state index in [0.29, 0.717) is 17.2 Å². The summed E-state index contributed by atoms with van der Waals surface area (Å²) in [5.41, 5.74) is 1.17. The third-order valence-electron chi connectivity index (χ3n) is 4.55. The molecule has 25 heavy (non-hydrogen) atoms. The van der Waals surface area contributed by atoms with Crippen molar-refractivity contribution >= 4 is 11.3 Å². The Bertz CT molecular complexity index is 685. The summed E-state index contributed by atoms with van der Waals surface area (Å²) >= 11 is 1.85. The molecule has 0 radical (unpaired) electrons. The average Bonchev–Trinajstić information content (AvgIpc) is 3.07. The van der Waals surface area contributed by atoms with Crippen molar-refractivity contribution < 1.29 is 14.2 Å². The van der Waals surface area contributed by atoms with Gasteiger partial charge in [-0.25, -0.2) is 0 Å². The number of hydrogen-bond acceptors (Lipinski definition) is 6. The van der Waals surface area contributed by atoms with E-state index in [0.717, 1.165) is 26.2 Å². The molecule has 0 spiro atoms. The molecule has 2 heterocycles. The topological polar surface area (TPSA) is 43.0 Å². The zero-order valence-corrected chi connectivity index (χ0v) is 16.1. The van der Waals surface area contributed by atoms with E-state index in [1.54, 1.807) is 21.3 Å². The number of piperazine rings is 1. The number of ether oxygens (including phenoxy) is 3. The van der Waals surface area contributed by atoms with Gasteiger partial charge in [-0.3, -0.25) is 4.90 Å². The molecule has 3 rings (SSSR count). The maximum absolute atomic E-state index is 5.57. The van der Waals surface area contributed by atoms with E-state index in [1.165, 1.54) is 15.3 Å². The Hall–Kier alpha value is -1.76.